The number of piperidine rings is 1. The van der Waals surface area contributed by atoms with Crippen LogP contribution in [0.15, 0.2) is 24.3 Å². The molecule has 1 fully saturated rings. The zero-order valence-corrected chi connectivity index (χ0v) is 12.0. The standard InChI is InChI=1S/C15H21NOS/c1-3-15(17)13-6-4-5-7-14(13)16-10-8-12(18-2)9-11-16/h4-7,12H,3,8-11H2,1-2H3. The van der Waals surface area contributed by atoms with Crippen LogP contribution in [0, 0.1) is 0 Å². The molecular formula is C15H21NOS. The van der Waals surface area contributed by atoms with E-state index in [4.69, 9.17) is 0 Å². The predicted octanol–water partition coefficient (Wildman–Crippen LogP) is 3.61. The van der Waals surface area contributed by atoms with Crippen molar-refractivity contribution < 1.29 is 4.79 Å². The van der Waals surface area contributed by atoms with E-state index in [1.54, 1.807) is 0 Å². The van der Waals surface area contributed by atoms with Crippen molar-refractivity contribution in [1.29, 1.82) is 0 Å². The average molecular weight is 263 g/mol. The van der Waals surface area contributed by atoms with E-state index in [-0.39, 0.29) is 5.78 Å². The second-order valence-electron chi connectivity index (χ2n) is 4.72. The van der Waals surface area contributed by atoms with Crippen molar-refractivity contribution >= 4 is 23.2 Å². The maximum absolute atomic E-state index is 12.0. The number of thioether (sulfide) groups is 1. The Balaban J connectivity index is 2.16. The molecule has 1 aliphatic heterocycles. The second-order valence-corrected chi connectivity index (χ2v) is 5.85. The number of Topliss-reactive ketones (excluding diaryl/α,β-unsaturated/α-hetero) is 1. The minimum Gasteiger partial charge on any atom is -0.371 e. The van der Waals surface area contributed by atoms with Crippen LogP contribution in [0.1, 0.15) is 36.5 Å². The van der Waals surface area contributed by atoms with Crippen LogP contribution in [0.3, 0.4) is 0 Å². The number of anilines is 1. The van der Waals surface area contributed by atoms with Gasteiger partial charge in [0.25, 0.3) is 0 Å². The number of hydrogen-bond donors (Lipinski definition) is 0. The van der Waals surface area contributed by atoms with E-state index in [2.05, 4.69) is 17.2 Å². The van der Waals surface area contributed by atoms with E-state index >= 15 is 0 Å². The largest absolute Gasteiger partial charge is 0.371 e. The van der Waals surface area contributed by atoms with E-state index in [0.29, 0.717) is 6.42 Å². The molecule has 0 N–H and O–H groups in total. The molecule has 0 aliphatic carbocycles. The third-order valence-corrected chi connectivity index (χ3v) is 4.78. The number of benzene rings is 1. The molecular weight excluding hydrogens is 242 g/mol. The van der Waals surface area contributed by atoms with Gasteiger partial charge in [0, 0.05) is 36.0 Å². The number of carbonyl (C=O) groups is 1. The molecule has 0 spiro atoms. The third-order valence-electron chi connectivity index (χ3n) is 3.64. The summed E-state index contributed by atoms with van der Waals surface area (Å²) in [6, 6.07) is 8.04. The molecule has 1 aromatic rings. The fourth-order valence-electron chi connectivity index (χ4n) is 2.51. The van der Waals surface area contributed by atoms with E-state index in [9.17, 15) is 4.79 Å². The van der Waals surface area contributed by atoms with Crippen molar-refractivity contribution in [2.75, 3.05) is 24.2 Å². The third kappa shape index (κ3) is 2.89. The highest BCUT2D eigenvalue weighted by atomic mass is 32.2. The Labute approximate surface area is 114 Å². The summed E-state index contributed by atoms with van der Waals surface area (Å²) in [5.41, 5.74) is 2.02. The molecule has 1 saturated heterocycles. The summed E-state index contributed by atoms with van der Waals surface area (Å²) in [5, 5.41) is 0.787. The highest BCUT2D eigenvalue weighted by Gasteiger charge is 2.21. The van der Waals surface area contributed by atoms with Gasteiger partial charge in [-0.1, -0.05) is 19.1 Å². The Morgan fingerprint density at radius 3 is 2.61 bits per heavy atom. The first-order chi connectivity index (χ1) is 8.76. The van der Waals surface area contributed by atoms with Gasteiger partial charge in [0.2, 0.25) is 0 Å². The van der Waals surface area contributed by atoms with Crippen molar-refractivity contribution in [3.8, 4) is 0 Å². The molecule has 0 radical (unpaired) electrons. The van der Waals surface area contributed by atoms with Gasteiger partial charge in [-0.15, -0.1) is 0 Å². The summed E-state index contributed by atoms with van der Waals surface area (Å²) < 4.78 is 0. The van der Waals surface area contributed by atoms with Gasteiger partial charge < -0.3 is 4.90 Å². The molecule has 0 amide bonds. The van der Waals surface area contributed by atoms with Crippen molar-refractivity contribution in [1.82, 2.24) is 0 Å². The topological polar surface area (TPSA) is 20.3 Å². The Kier molecular flexibility index (Phi) is 4.70. The van der Waals surface area contributed by atoms with Crippen molar-refractivity contribution in [2.45, 2.75) is 31.4 Å². The van der Waals surface area contributed by atoms with Crippen LogP contribution in [-0.2, 0) is 0 Å². The molecule has 0 atom stereocenters. The zero-order chi connectivity index (χ0) is 13.0. The van der Waals surface area contributed by atoms with Crippen molar-refractivity contribution in [3.05, 3.63) is 29.8 Å². The molecule has 1 heterocycles. The number of rotatable bonds is 4. The maximum Gasteiger partial charge on any atom is 0.164 e. The van der Waals surface area contributed by atoms with E-state index < -0.39 is 0 Å². The van der Waals surface area contributed by atoms with Crippen LogP contribution in [0.5, 0.6) is 0 Å². The highest BCUT2D eigenvalue weighted by Crippen LogP contribution is 2.28. The van der Waals surface area contributed by atoms with Crippen molar-refractivity contribution in [2.24, 2.45) is 0 Å². The molecule has 0 aromatic heterocycles. The van der Waals surface area contributed by atoms with E-state index in [1.807, 2.05) is 36.9 Å². The summed E-state index contributed by atoms with van der Waals surface area (Å²) >= 11 is 1.96. The first-order valence-electron chi connectivity index (χ1n) is 6.66. The number of nitrogens with zero attached hydrogens (tertiary/aromatic N) is 1. The van der Waals surface area contributed by atoms with E-state index in [0.717, 1.165) is 29.6 Å². The second kappa shape index (κ2) is 6.28. The number of carbonyl (C=O) groups excluding carboxylic acids is 1. The van der Waals surface area contributed by atoms with E-state index in [1.165, 1.54) is 12.8 Å². The van der Waals surface area contributed by atoms with Gasteiger partial charge in [0.05, 0.1) is 0 Å². The number of ketones is 1. The van der Waals surface area contributed by atoms with Crippen LogP contribution >= 0.6 is 11.8 Å². The molecule has 1 aromatic carbocycles. The molecule has 0 bridgehead atoms. The number of para-hydroxylation sites is 1. The Morgan fingerprint density at radius 1 is 1.33 bits per heavy atom. The highest BCUT2D eigenvalue weighted by molar-refractivity contribution is 7.99. The smallest absolute Gasteiger partial charge is 0.164 e. The SMILES string of the molecule is CCC(=O)c1ccccc1N1CCC(SC)CC1. The van der Waals surface area contributed by atoms with Gasteiger partial charge in [-0.3, -0.25) is 4.79 Å². The van der Waals surface area contributed by atoms with Crippen molar-refractivity contribution in [3.63, 3.8) is 0 Å². The first-order valence-corrected chi connectivity index (χ1v) is 7.95. The van der Waals surface area contributed by atoms with Crippen LogP contribution < -0.4 is 4.90 Å². The molecule has 1 aliphatic rings. The number of hydrogen-bond acceptors (Lipinski definition) is 3. The van der Waals surface area contributed by atoms with Crippen LogP contribution in [0.2, 0.25) is 0 Å². The molecule has 3 heteroatoms. The molecule has 2 rings (SSSR count). The van der Waals surface area contributed by atoms with Crippen LogP contribution in [0.4, 0.5) is 5.69 Å². The summed E-state index contributed by atoms with van der Waals surface area (Å²) in [6.07, 6.45) is 5.21. The molecule has 2 nitrogen and oxygen atoms in total. The molecule has 18 heavy (non-hydrogen) atoms. The quantitative estimate of drug-likeness (QED) is 0.774. The fourth-order valence-corrected chi connectivity index (χ4v) is 3.19. The van der Waals surface area contributed by atoms with Crippen LogP contribution in [0.25, 0.3) is 0 Å². The average Bonchev–Trinajstić information content (AvgIpc) is 2.46. The predicted molar refractivity (Wildman–Crippen MR) is 79.8 cm³/mol. The normalized spacial score (nSPS) is 16.9. The Hall–Kier alpha value is -0.960. The van der Waals surface area contributed by atoms with Gasteiger partial charge in [0.15, 0.2) is 5.78 Å². The first kappa shape index (κ1) is 13.5. The lowest BCUT2D eigenvalue weighted by Gasteiger charge is -2.33. The minimum absolute atomic E-state index is 0.248. The fraction of sp³-hybridized carbons (Fsp3) is 0.533. The maximum atomic E-state index is 12.0. The zero-order valence-electron chi connectivity index (χ0n) is 11.2. The molecule has 98 valence electrons. The Bertz CT molecular complexity index is 411. The van der Waals surface area contributed by atoms with Crippen LogP contribution in [-0.4, -0.2) is 30.4 Å². The van der Waals surface area contributed by atoms with Gasteiger partial charge in [-0.05, 0) is 31.2 Å². The molecule has 0 saturated carbocycles. The lowest BCUT2D eigenvalue weighted by Crippen LogP contribution is -2.35. The lowest BCUT2D eigenvalue weighted by molar-refractivity contribution is 0.0988. The summed E-state index contributed by atoms with van der Waals surface area (Å²) in [6.45, 7) is 4.07. The lowest BCUT2D eigenvalue weighted by atomic mass is 10.0. The summed E-state index contributed by atoms with van der Waals surface area (Å²) in [5.74, 6) is 0.248. The minimum atomic E-state index is 0.248. The van der Waals surface area contributed by atoms with Gasteiger partial charge >= 0.3 is 0 Å². The Morgan fingerprint density at radius 2 is 2.00 bits per heavy atom. The summed E-state index contributed by atoms with van der Waals surface area (Å²) in [7, 11) is 0. The summed E-state index contributed by atoms with van der Waals surface area (Å²) in [4.78, 5) is 14.3. The molecule has 0 unspecified atom stereocenters. The van der Waals surface area contributed by atoms with Gasteiger partial charge in [-0.25, -0.2) is 0 Å². The monoisotopic (exact) mass is 263 g/mol. The van der Waals surface area contributed by atoms with Gasteiger partial charge in [-0.2, -0.15) is 11.8 Å². The van der Waals surface area contributed by atoms with Gasteiger partial charge in [0.1, 0.15) is 0 Å².